The van der Waals surface area contributed by atoms with Gasteiger partial charge in [-0.1, -0.05) is 46.8 Å². The number of amides is 2. The number of carbonyl (C=O) groups is 4. The Morgan fingerprint density at radius 3 is 2.24 bits per heavy atom. The average molecular weight is 801 g/mol. The molecule has 6 fully saturated rings. The molecule has 1 N–H and O–H groups in total. The number of hydrogen-bond donors (Lipinski definition) is 1. The van der Waals surface area contributed by atoms with E-state index in [1.807, 2.05) is 20.8 Å². The first-order valence-corrected chi connectivity index (χ1v) is 22.6. The lowest BCUT2D eigenvalue weighted by Crippen LogP contribution is -2.67. The van der Waals surface area contributed by atoms with Crippen molar-refractivity contribution in [1.82, 2.24) is 20.2 Å². The van der Waals surface area contributed by atoms with E-state index in [9.17, 15) is 19.2 Å². The number of aromatic nitrogens is 2. The highest BCUT2D eigenvalue weighted by Gasteiger charge is 2.71. The SMILES string of the molecule is C=C(C)[C@@H]1CC[C@]2(COC(=O)c3nc(C)c(C)nc3C)CC[C@]3(C)[C@H](CC[C@@H]4[C@@]5(C)CC[C@H](OC(=O)[C@@H]6CCCN6C(=O)CCNC(C)=O)C(C)(C)[C@@H]5CC[C@]43C)[C@@H]12. The molecule has 58 heavy (non-hydrogen) atoms. The Bertz CT molecular complexity index is 1840. The molecule has 10 nitrogen and oxygen atoms in total. The first-order valence-electron chi connectivity index (χ1n) is 22.6. The van der Waals surface area contributed by atoms with Crippen LogP contribution in [0.4, 0.5) is 0 Å². The van der Waals surface area contributed by atoms with Crippen molar-refractivity contribution in [3.05, 3.63) is 34.9 Å². The van der Waals surface area contributed by atoms with Crippen LogP contribution in [0.3, 0.4) is 0 Å². The van der Waals surface area contributed by atoms with Gasteiger partial charge in [-0.25, -0.2) is 14.6 Å². The number of rotatable bonds is 9. The van der Waals surface area contributed by atoms with E-state index in [0.29, 0.717) is 60.5 Å². The van der Waals surface area contributed by atoms with Crippen molar-refractivity contribution in [2.45, 2.75) is 165 Å². The molecule has 1 saturated heterocycles. The van der Waals surface area contributed by atoms with E-state index in [4.69, 9.17) is 9.47 Å². The minimum atomic E-state index is -0.552. The Labute approximate surface area is 347 Å². The van der Waals surface area contributed by atoms with Gasteiger partial charge in [-0.2, -0.15) is 0 Å². The zero-order valence-corrected chi connectivity index (χ0v) is 37.4. The van der Waals surface area contributed by atoms with Gasteiger partial charge in [-0.05, 0) is 151 Å². The van der Waals surface area contributed by atoms with Gasteiger partial charge in [-0.3, -0.25) is 14.6 Å². The number of hydrogen-bond acceptors (Lipinski definition) is 8. The summed E-state index contributed by atoms with van der Waals surface area (Å²) in [5.74, 6) is 1.45. The third-order valence-corrected chi connectivity index (χ3v) is 18.2. The minimum absolute atomic E-state index is 0.0658. The Morgan fingerprint density at radius 1 is 0.810 bits per heavy atom. The minimum Gasteiger partial charge on any atom is -0.460 e. The molecule has 1 aromatic heterocycles. The standard InChI is InChI=1S/C48H72N4O6/c1-28(2)33-16-22-48(27-57-43(56)41-31(5)50-29(3)30(4)51-41)24-23-46(10)34(40(33)48)14-15-37-45(9)20-18-38(44(7,8)36(45)17-21-47(37,46)11)58-42(55)35-13-12-26-52(35)39(54)19-25-49-32(6)53/h33-38,40H,1,12-27H2,2-11H3,(H,49,53)/t33-,34+,35-,36-,37+,38-,40+,45-,46+,47+,48+/m0/s1. The zero-order chi connectivity index (χ0) is 42.2. The maximum atomic E-state index is 13.9. The van der Waals surface area contributed by atoms with Crippen molar-refractivity contribution in [1.29, 1.82) is 0 Å². The predicted octanol–water partition coefficient (Wildman–Crippen LogP) is 8.65. The number of esters is 2. The summed E-state index contributed by atoms with van der Waals surface area (Å²) in [5.41, 5.74) is 3.96. The molecule has 11 atom stereocenters. The molecule has 1 aromatic rings. The molecule has 6 aliphatic rings. The van der Waals surface area contributed by atoms with Gasteiger partial charge >= 0.3 is 11.9 Å². The van der Waals surface area contributed by atoms with Crippen LogP contribution in [0.5, 0.6) is 0 Å². The number of allylic oxidation sites excluding steroid dienone is 1. The van der Waals surface area contributed by atoms with Crippen LogP contribution in [0.1, 0.15) is 160 Å². The van der Waals surface area contributed by atoms with Crippen LogP contribution < -0.4 is 5.32 Å². The molecule has 2 amide bonds. The number of aryl methyl sites for hydroxylation is 3. The summed E-state index contributed by atoms with van der Waals surface area (Å²) < 4.78 is 12.8. The molecule has 0 spiro atoms. The van der Waals surface area contributed by atoms with Crippen molar-refractivity contribution < 1.29 is 28.7 Å². The number of ether oxygens (including phenoxy) is 2. The zero-order valence-electron chi connectivity index (χ0n) is 37.4. The maximum Gasteiger partial charge on any atom is 0.358 e. The lowest BCUT2D eigenvalue weighted by molar-refractivity contribution is -0.252. The molecule has 0 aromatic carbocycles. The summed E-state index contributed by atoms with van der Waals surface area (Å²) >= 11 is 0. The third kappa shape index (κ3) is 6.82. The van der Waals surface area contributed by atoms with Crippen molar-refractivity contribution in [2.75, 3.05) is 19.7 Å². The summed E-state index contributed by atoms with van der Waals surface area (Å²) in [4.78, 5) is 62.8. The third-order valence-electron chi connectivity index (χ3n) is 18.2. The van der Waals surface area contributed by atoms with Crippen LogP contribution in [0.25, 0.3) is 0 Å². The number of fused-ring (bicyclic) bond motifs is 7. The number of nitrogens with one attached hydrogen (secondary N) is 1. The van der Waals surface area contributed by atoms with Crippen LogP contribution in [0, 0.1) is 77.4 Å². The fraction of sp³-hybridized carbons (Fsp3) is 0.792. The predicted molar refractivity (Wildman–Crippen MR) is 223 cm³/mol. The molecule has 7 rings (SSSR count). The van der Waals surface area contributed by atoms with Crippen molar-refractivity contribution in [3.8, 4) is 0 Å². The van der Waals surface area contributed by atoms with Crippen LogP contribution in [-0.2, 0) is 23.9 Å². The first kappa shape index (κ1) is 42.8. The van der Waals surface area contributed by atoms with E-state index in [2.05, 4.69) is 63.4 Å². The van der Waals surface area contributed by atoms with Crippen molar-refractivity contribution in [3.63, 3.8) is 0 Å². The summed E-state index contributed by atoms with van der Waals surface area (Å²) in [6, 6.07) is -0.552. The molecule has 320 valence electrons. The molecule has 0 unspecified atom stereocenters. The summed E-state index contributed by atoms with van der Waals surface area (Å²) in [7, 11) is 0. The molecule has 1 aliphatic heterocycles. The summed E-state index contributed by atoms with van der Waals surface area (Å²) in [5, 5.41) is 2.70. The second-order valence-electron chi connectivity index (χ2n) is 21.2. The van der Waals surface area contributed by atoms with Gasteiger partial charge in [-0.15, -0.1) is 0 Å². The molecule has 5 aliphatic carbocycles. The lowest BCUT2D eigenvalue weighted by Gasteiger charge is -2.73. The fourth-order valence-corrected chi connectivity index (χ4v) is 14.9. The van der Waals surface area contributed by atoms with Gasteiger partial charge in [0.2, 0.25) is 11.8 Å². The van der Waals surface area contributed by atoms with E-state index in [0.717, 1.165) is 69.2 Å². The second kappa shape index (κ2) is 15.3. The Balaban J connectivity index is 1.08. The molecular weight excluding hydrogens is 729 g/mol. The Kier molecular flexibility index (Phi) is 11.3. The maximum absolute atomic E-state index is 13.9. The smallest absolute Gasteiger partial charge is 0.358 e. The summed E-state index contributed by atoms with van der Waals surface area (Å²) in [6.45, 7) is 27.7. The van der Waals surface area contributed by atoms with E-state index >= 15 is 0 Å². The number of carbonyl (C=O) groups excluding carboxylic acids is 4. The molecule has 5 saturated carbocycles. The van der Waals surface area contributed by atoms with Crippen molar-refractivity contribution in [2.24, 2.45) is 56.7 Å². The Morgan fingerprint density at radius 2 is 1.53 bits per heavy atom. The topological polar surface area (TPSA) is 128 Å². The largest absolute Gasteiger partial charge is 0.460 e. The van der Waals surface area contributed by atoms with E-state index < -0.39 is 6.04 Å². The fourth-order valence-electron chi connectivity index (χ4n) is 14.9. The van der Waals surface area contributed by atoms with Gasteiger partial charge in [0, 0.05) is 37.3 Å². The summed E-state index contributed by atoms with van der Waals surface area (Å²) in [6.07, 6.45) is 12.2. The highest BCUT2D eigenvalue weighted by atomic mass is 16.5. The van der Waals surface area contributed by atoms with Gasteiger partial charge in [0.05, 0.1) is 23.7 Å². The average Bonchev–Trinajstić information content (AvgIpc) is 3.80. The first-order chi connectivity index (χ1) is 27.2. The quantitative estimate of drug-likeness (QED) is 0.194. The van der Waals surface area contributed by atoms with E-state index in [-0.39, 0.29) is 69.9 Å². The van der Waals surface area contributed by atoms with Gasteiger partial charge < -0.3 is 19.7 Å². The van der Waals surface area contributed by atoms with E-state index in [1.54, 1.807) is 4.90 Å². The van der Waals surface area contributed by atoms with Gasteiger partial charge in [0.1, 0.15) is 12.1 Å². The molecule has 0 bridgehead atoms. The molecular formula is C48H72N4O6. The second-order valence-corrected chi connectivity index (χ2v) is 21.2. The number of nitrogens with zero attached hydrogens (tertiary/aromatic N) is 3. The van der Waals surface area contributed by atoms with Crippen molar-refractivity contribution >= 4 is 23.8 Å². The highest BCUT2D eigenvalue weighted by Crippen LogP contribution is 2.77. The molecule has 2 heterocycles. The molecule has 0 radical (unpaired) electrons. The number of likely N-dealkylation sites (tertiary alicyclic amines) is 1. The van der Waals surface area contributed by atoms with Gasteiger partial charge in [0.25, 0.3) is 0 Å². The lowest BCUT2D eigenvalue weighted by atomic mass is 9.32. The normalized spacial score (nSPS) is 38.7. The molecule has 10 heteroatoms. The van der Waals surface area contributed by atoms with Crippen LogP contribution in [0.2, 0.25) is 0 Å². The van der Waals surface area contributed by atoms with Gasteiger partial charge in [0.15, 0.2) is 5.69 Å². The monoisotopic (exact) mass is 801 g/mol. The van der Waals surface area contributed by atoms with Crippen LogP contribution >= 0.6 is 0 Å². The Hall–Kier alpha value is -3.30. The highest BCUT2D eigenvalue weighted by molar-refractivity contribution is 5.88. The van der Waals surface area contributed by atoms with Crippen LogP contribution in [-0.4, -0.2) is 70.5 Å². The van der Waals surface area contributed by atoms with E-state index in [1.165, 1.54) is 25.3 Å². The van der Waals surface area contributed by atoms with Crippen LogP contribution in [0.15, 0.2) is 12.2 Å².